The van der Waals surface area contributed by atoms with Gasteiger partial charge in [0.25, 0.3) is 0 Å². The van der Waals surface area contributed by atoms with Crippen molar-refractivity contribution >= 4 is 33.1 Å². The minimum Gasteiger partial charge on any atom is -0.342 e. The van der Waals surface area contributed by atoms with Gasteiger partial charge in [-0.15, -0.1) is 0 Å². The van der Waals surface area contributed by atoms with Crippen molar-refractivity contribution in [3.63, 3.8) is 0 Å². The van der Waals surface area contributed by atoms with Gasteiger partial charge in [-0.05, 0) is 35.7 Å². The van der Waals surface area contributed by atoms with Crippen LogP contribution in [0.3, 0.4) is 0 Å². The Bertz CT molecular complexity index is 1520. The van der Waals surface area contributed by atoms with Crippen molar-refractivity contribution in [1.29, 1.82) is 0 Å². The van der Waals surface area contributed by atoms with Gasteiger partial charge in [0.1, 0.15) is 5.69 Å². The van der Waals surface area contributed by atoms with Crippen molar-refractivity contribution in [2.75, 3.05) is 4.90 Å². The zero-order chi connectivity index (χ0) is 25.2. The Morgan fingerprint density at radius 2 is 1.46 bits per heavy atom. The summed E-state index contributed by atoms with van der Waals surface area (Å²) >= 11 is 3.56. The summed E-state index contributed by atoms with van der Waals surface area (Å²) in [6.07, 6.45) is 0.774. The van der Waals surface area contributed by atoms with Gasteiger partial charge in [0.2, 0.25) is 0 Å². The van der Waals surface area contributed by atoms with E-state index in [1.54, 1.807) is 0 Å². The highest BCUT2D eigenvalue weighted by atomic mass is 79.9. The average molecular weight is 548 g/mol. The lowest BCUT2D eigenvalue weighted by Crippen LogP contribution is -2.29. The van der Waals surface area contributed by atoms with E-state index in [0.29, 0.717) is 0 Å². The van der Waals surface area contributed by atoms with Gasteiger partial charge in [-0.25, -0.2) is 4.99 Å². The van der Waals surface area contributed by atoms with Crippen LogP contribution in [0, 0.1) is 6.92 Å². The van der Waals surface area contributed by atoms with Crippen LogP contribution in [0.5, 0.6) is 0 Å². The monoisotopic (exact) mass is 546 g/mol. The first-order chi connectivity index (χ1) is 18.2. The van der Waals surface area contributed by atoms with E-state index in [4.69, 9.17) is 10.1 Å². The standard InChI is InChI=1S/C32H27BrN4/c1-22-12-14-24(15-13-22)28-20-29(25-10-6-3-7-11-25)37(21-23-8-4-2-5-9-23)32-31(34-28)30(35-36-32)26-16-18-27(33)19-17-26/h2-19,29H,20-21H2,1H3,(H,35,36)/t29-/m0/s1. The van der Waals surface area contributed by atoms with Crippen LogP contribution in [-0.4, -0.2) is 15.9 Å². The first-order valence-electron chi connectivity index (χ1n) is 12.5. The number of benzene rings is 4. The highest BCUT2D eigenvalue weighted by Crippen LogP contribution is 2.45. The number of aryl methyl sites for hydroxylation is 1. The van der Waals surface area contributed by atoms with Crippen LogP contribution < -0.4 is 4.90 Å². The fraction of sp³-hybridized carbons (Fsp3) is 0.125. The maximum absolute atomic E-state index is 5.33. The molecule has 0 spiro atoms. The molecule has 4 aromatic carbocycles. The molecule has 0 saturated heterocycles. The molecule has 0 bridgehead atoms. The molecule has 5 heteroatoms. The molecule has 1 aromatic heterocycles. The summed E-state index contributed by atoms with van der Waals surface area (Å²) in [4.78, 5) is 7.74. The topological polar surface area (TPSA) is 44.3 Å². The fourth-order valence-corrected chi connectivity index (χ4v) is 5.20. The highest BCUT2D eigenvalue weighted by molar-refractivity contribution is 9.10. The second kappa shape index (κ2) is 10.2. The third kappa shape index (κ3) is 4.87. The number of rotatable bonds is 5. The van der Waals surface area contributed by atoms with Crippen molar-refractivity contribution in [3.8, 4) is 11.3 Å². The van der Waals surface area contributed by atoms with Gasteiger partial charge in [-0.3, -0.25) is 5.10 Å². The number of hydrogen-bond donors (Lipinski definition) is 1. The maximum Gasteiger partial charge on any atom is 0.177 e. The number of aromatic nitrogens is 2. The summed E-state index contributed by atoms with van der Waals surface area (Å²) in [5.41, 5.74) is 8.80. The summed E-state index contributed by atoms with van der Waals surface area (Å²) in [5, 5.41) is 8.23. The van der Waals surface area contributed by atoms with E-state index in [9.17, 15) is 0 Å². The minimum atomic E-state index is 0.0729. The third-order valence-electron chi connectivity index (χ3n) is 6.90. The molecule has 0 radical (unpaired) electrons. The van der Waals surface area contributed by atoms with Gasteiger partial charge in [0, 0.05) is 23.0 Å². The Balaban J connectivity index is 1.55. The molecular weight excluding hydrogens is 520 g/mol. The average Bonchev–Trinajstić information content (AvgIpc) is 3.28. The largest absolute Gasteiger partial charge is 0.342 e. The molecule has 1 N–H and O–H groups in total. The third-order valence-corrected chi connectivity index (χ3v) is 7.43. The Morgan fingerprint density at radius 1 is 0.811 bits per heavy atom. The number of nitrogens with one attached hydrogen (secondary N) is 1. The minimum absolute atomic E-state index is 0.0729. The van der Waals surface area contributed by atoms with Crippen LogP contribution in [0.4, 0.5) is 11.5 Å². The second-order valence-corrected chi connectivity index (χ2v) is 10.4. The normalized spacial score (nSPS) is 15.1. The summed E-state index contributed by atoms with van der Waals surface area (Å²) in [7, 11) is 0. The van der Waals surface area contributed by atoms with Crippen LogP contribution in [-0.2, 0) is 6.54 Å². The predicted molar refractivity (Wildman–Crippen MR) is 156 cm³/mol. The number of fused-ring (bicyclic) bond motifs is 1. The Labute approximate surface area is 225 Å². The van der Waals surface area contributed by atoms with E-state index in [1.165, 1.54) is 16.7 Å². The maximum atomic E-state index is 5.33. The molecule has 37 heavy (non-hydrogen) atoms. The van der Waals surface area contributed by atoms with Gasteiger partial charge in [0.05, 0.1) is 17.4 Å². The van der Waals surface area contributed by atoms with E-state index < -0.39 is 0 Å². The summed E-state index contributed by atoms with van der Waals surface area (Å²) in [5.74, 6) is 0.873. The van der Waals surface area contributed by atoms with Gasteiger partial charge >= 0.3 is 0 Å². The van der Waals surface area contributed by atoms with E-state index in [1.807, 2.05) is 0 Å². The molecule has 1 aliphatic rings. The number of aliphatic imine (C=N–C) groups is 1. The van der Waals surface area contributed by atoms with Gasteiger partial charge < -0.3 is 4.90 Å². The quantitative estimate of drug-likeness (QED) is 0.240. The fourth-order valence-electron chi connectivity index (χ4n) is 4.94. The number of halogens is 1. The molecule has 2 heterocycles. The molecular formula is C32H27BrN4. The molecule has 0 saturated carbocycles. The molecule has 4 nitrogen and oxygen atoms in total. The molecule has 1 atom stereocenters. The van der Waals surface area contributed by atoms with Crippen LogP contribution in [0.15, 0.2) is 119 Å². The van der Waals surface area contributed by atoms with Crippen molar-refractivity contribution in [2.24, 2.45) is 4.99 Å². The number of anilines is 1. The van der Waals surface area contributed by atoms with Crippen molar-refractivity contribution in [3.05, 3.63) is 136 Å². The molecule has 0 amide bonds. The number of H-pyrrole nitrogens is 1. The Morgan fingerprint density at radius 3 is 2.16 bits per heavy atom. The van der Waals surface area contributed by atoms with Crippen LogP contribution in [0.2, 0.25) is 0 Å². The van der Waals surface area contributed by atoms with E-state index in [2.05, 4.69) is 142 Å². The lowest BCUT2D eigenvalue weighted by Gasteiger charge is -2.32. The van der Waals surface area contributed by atoms with Crippen molar-refractivity contribution < 1.29 is 0 Å². The van der Waals surface area contributed by atoms with Gasteiger partial charge in [-0.1, -0.05) is 119 Å². The second-order valence-electron chi connectivity index (χ2n) is 9.45. The highest BCUT2D eigenvalue weighted by Gasteiger charge is 2.32. The smallest absolute Gasteiger partial charge is 0.177 e. The molecule has 1 aliphatic heterocycles. The van der Waals surface area contributed by atoms with Crippen LogP contribution in [0.25, 0.3) is 11.3 Å². The lowest BCUT2D eigenvalue weighted by molar-refractivity contribution is 0.633. The number of hydrogen-bond acceptors (Lipinski definition) is 3. The Hall–Kier alpha value is -3.96. The van der Waals surface area contributed by atoms with Crippen LogP contribution in [0.1, 0.15) is 34.7 Å². The molecule has 5 aromatic rings. The summed E-state index contributed by atoms with van der Waals surface area (Å²) in [6, 6.07) is 38.4. The lowest BCUT2D eigenvalue weighted by atomic mass is 9.95. The molecule has 6 rings (SSSR count). The molecule has 182 valence electrons. The van der Waals surface area contributed by atoms with Gasteiger partial charge in [0.15, 0.2) is 5.82 Å². The summed E-state index contributed by atoms with van der Waals surface area (Å²) < 4.78 is 1.04. The number of nitrogens with zero attached hydrogens (tertiary/aromatic N) is 3. The number of aromatic amines is 1. The van der Waals surface area contributed by atoms with Crippen molar-refractivity contribution in [1.82, 2.24) is 10.2 Å². The molecule has 0 unspecified atom stereocenters. The molecule has 0 aliphatic carbocycles. The van der Waals surface area contributed by atoms with Gasteiger partial charge in [-0.2, -0.15) is 5.10 Å². The summed E-state index contributed by atoms with van der Waals surface area (Å²) in [6.45, 7) is 2.85. The zero-order valence-electron chi connectivity index (χ0n) is 20.6. The first kappa shape index (κ1) is 23.4. The van der Waals surface area contributed by atoms with E-state index >= 15 is 0 Å². The SMILES string of the molecule is Cc1ccc(C2=Nc3c(n[nH]c3-c3ccc(Br)cc3)N(Cc3ccccc3)[C@H](c3ccccc3)C2)cc1. The van der Waals surface area contributed by atoms with E-state index in [-0.39, 0.29) is 6.04 Å². The first-order valence-corrected chi connectivity index (χ1v) is 13.3. The zero-order valence-corrected chi connectivity index (χ0v) is 22.2. The Kier molecular flexibility index (Phi) is 6.46. The van der Waals surface area contributed by atoms with Crippen molar-refractivity contribution in [2.45, 2.75) is 25.9 Å². The van der Waals surface area contributed by atoms with Crippen LogP contribution >= 0.6 is 15.9 Å². The van der Waals surface area contributed by atoms with E-state index in [0.717, 1.165) is 51.5 Å². The molecule has 0 fully saturated rings. The predicted octanol–water partition coefficient (Wildman–Crippen LogP) is 8.42.